The number of hydrogen-bond donors (Lipinski definition) is 3. The number of alkyl halides is 2. The second kappa shape index (κ2) is 23.9. The van der Waals surface area contributed by atoms with Crippen LogP contribution in [0, 0.1) is 0 Å². The van der Waals surface area contributed by atoms with Crippen molar-refractivity contribution in [3.63, 3.8) is 0 Å². The van der Waals surface area contributed by atoms with Crippen molar-refractivity contribution in [2.75, 3.05) is 14.8 Å². The summed E-state index contributed by atoms with van der Waals surface area (Å²) in [5.41, 5.74) is 1.09. The fourth-order valence-corrected chi connectivity index (χ4v) is 7.82. The lowest BCUT2D eigenvalue weighted by molar-refractivity contribution is -0.904. The molecule has 0 aliphatic carbocycles. The van der Waals surface area contributed by atoms with E-state index < -0.39 is 25.8 Å². The van der Waals surface area contributed by atoms with E-state index in [2.05, 4.69) is 14.4 Å². The fourth-order valence-electron chi connectivity index (χ4n) is 5.32. The number of anilines is 2. The van der Waals surface area contributed by atoms with E-state index >= 15 is 0 Å². The molecule has 0 saturated heterocycles. The van der Waals surface area contributed by atoms with Gasteiger partial charge in [0.1, 0.15) is 11.5 Å². The molecule has 6 aromatic rings. The van der Waals surface area contributed by atoms with Gasteiger partial charge in [-0.2, -0.15) is 0 Å². The van der Waals surface area contributed by atoms with Gasteiger partial charge in [-0.05, 0) is 125 Å². The Kier molecular flexibility index (Phi) is 19.7. The molecule has 0 unspecified atom stereocenters. The molecule has 6 rings (SSSR count). The smallest absolute Gasteiger partial charge is 0.261 e. The number of carbonyl (C=O) groups is 2. The highest BCUT2D eigenvalue weighted by atomic mass is 35.5. The highest BCUT2D eigenvalue weighted by molar-refractivity contribution is 7.93. The normalized spacial score (nSPS) is 10.9. The maximum absolute atomic E-state index is 12.9. The highest BCUT2D eigenvalue weighted by Gasteiger charge is 2.23. The van der Waals surface area contributed by atoms with Gasteiger partial charge in [-0.15, -0.1) is 23.2 Å². The lowest BCUT2D eigenvalue weighted by Gasteiger charge is -2.14. The number of pyridine rings is 2. The Morgan fingerprint density at radius 3 is 1.32 bits per heavy atom. The first kappa shape index (κ1) is 51.9. The molecule has 334 valence electrons. The van der Waals surface area contributed by atoms with E-state index in [1.54, 1.807) is 36.4 Å². The van der Waals surface area contributed by atoms with Gasteiger partial charge in [-0.1, -0.05) is 30.6 Å². The standard InChI is InChI=1S/C21H19ClN2O5S.C21H19ClN2O4S.CH2Cl2.CH4/c1-14(2)29-17-4-6-18(7-5-17)30(27,28)23-20-8-3-16(22)13-19(20)21(25)15-9-11-24(26)12-10-15;1-14(2)28-17-4-6-18(7-5-17)29(26,27)24-20-8-3-16(22)13-19(20)21(25)15-9-11-23-12-10-15;2-1-3;/h3-14H,1-2H3,(H-,23,25,26);3-14,24H,1-2H3;1H2;1H4/p+1. The van der Waals surface area contributed by atoms with Crippen LogP contribution in [0.25, 0.3) is 0 Å². The van der Waals surface area contributed by atoms with E-state index in [1.807, 2.05) is 27.7 Å². The molecular formula is C44H45Cl4N4O9S2+. The highest BCUT2D eigenvalue weighted by Crippen LogP contribution is 2.29. The van der Waals surface area contributed by atoms with Crippen LogP contribution >= 0.6 is 46.4 Å². The Morgan fingerprint density at radius 2 is 0.968 bits per heavy atom. The van der Waals surface area contributed by atoms with Crippen molar-refractivity contribution in [1.29, 1.82) is 0 Å². The van der Waals surface area contributed by atoms with Crippen molar-refractivity contribution in [3.8, 4) is 11.5 Å². The predicted octanol–water partition coefficient (Wildman–Crippen LogP) is 10.3. The predicted molar refractivity (Wildman–Crippen MR) is 247 cm³/mol. The number of carbonyl (C=O) groups excluding carboxylic acids is 2. The minimum atomic E-state index is -3.96. The molecule has 0 radical (unpaired) electrons. The first-order valence-corrected chi connectivity index (χ1v) is 23.1. The number of halogens is 4. The van der Waals surface area contributed by atoms with E-state index in [4.69, 9.17) is 55.9 Å². The Bertz CT molecular complexity index is 2670. The van der Waals surface area contributed by atoms with Crippen LogP contribution in [0.15, 0.2) is 144 Å². The summed E-state index contributed by atoms with van der Waals surface area (Å²) in [5.74, 6) is 0.306. The average molecular weight is 980 g/mol. The number of aromatic nitrogens is 2. The number of nitrogens with zero attached hydrogens (tertiary/aromatic N) is 2. The van der Waals surface area contributed by atoms with Crippen LogP contribution in [0.3, 0.4) is 0 Å². The molecule has 0 bridgehead atoms. The molecule has 0 atom stereocenters. The third-order valence-electron chi connectivity index (χ3n) is 7.97. The van der Waals surface area contributed by atoms with Crippen LogP contribution in [0.2, 0.25) is 10.0 Å². The van der Waals surface area contributed by atoms with Crippen molar-refractivity contribution in [2.45, 2.75) is 57.1 Å². The molecule has 2 aromatic heterocycles. The molecule has 0 aliphatic heterocycles. The molecule has 0 saturated carbocycles. The molecular weight excluding hydrogens is 934 g/mol. The number of benzene rings is 4. The van der Waals surface area contributed by atoms with E-state index in [0.29, 0.717) is 22.1 Å². The van der Waals surface area contributed by atoms with Crippen molar-refractivity contribution in [2.24, 2.45) is 0 Å². The van der Waals surface area contributed by atoms with Gasteiger partial charge in [-0.3, -0.25) is 29.2 Å². The molecule has 0 spiro atoms. The molecule has 19 heteroatoms. The maximum atomic E-state index is 12.9. The zero-order valence-electron chi connectivity index (χ0n) is 33.5. The van der Waals surface area contributed by atoms with Gasteiger partial charge in [0.05, 0.1) is 38.7 Å². The third-order valence-corrected chi connectivity index (χ3v) is 11.2. The summed E-state index contributed by atoms with van der Waals surface area (Å²) < 4.78 is 68.1. The molecule has 3 N–H and O–H groups in total. The summed E-state index contributed by atoms with van der Waals surface area (Å²) in [7, 11) is -7.88. The van der Waals surface area contributed by atoms with Gasteiger partial charge in [0.15, 0.2) is 11.6 Å². The molecule has 13 nitrogen and oxygen atoms in total. The number of hydrogen-bond acceptors (Lipinski definition) is 10. The molecule has 2 heterocycles. The zero-order chi connectivity index (χ0) is 45.6. The molecule has 63 heavy (non-hydrogen) atoms. The van der Waals surface area contributed by atoms with Gasteiger partial charge >= 0.3 is 0 Å². The Balaban J connectivity index is 0.000000311. The second-order valence-corrected chi connectivity index (χ2v) is 18.4. The Hall–Kier alpha value is -5.42. The van der Waals surface area contributed by atoms with Crippen LogP contribution in [-0.2, 0) is 20.0 Å². The van der Waals surface area contributed by atoms with Crippen LogP contribution < -0.4 is 23.6 Å². The topological polar surface area (TPSA) is 182 Å². The lowest BCUT2D eigenvalue weighted by atomic mass is 10.0. The minimum absolute atomic E-state index is 0. The van der Waals surface area contributed by atoms with Crippen molar-refractivity contribution in [1.82, 2.24) is 4.98 Å². The van der Waals surface area contributed by atoms with Gasteiger partial charge < -0.3 is 9.47 Å². The second-order valence-electron chi connectivity index (χ2n) is 13.3. The summed E-state index contributed by atoms with van der Waals surface area (Å²) >= 11 is 21.6. The summed E-state index contributed by atoms with van der Waals surface area (Å²) in [6.07, 6.45) is 5.51. The Labute approximate surface area is 387 Å². The van der Waals surface area contributed by atoms with Crippen LogP contribution in [-0.4, -0.2) is 56.1 Å². The lowest BCUT2D eigenvalue weighted by Crippen LogP contribution is -2.28. The Morgan fingerprint density at radius 1 is 0.619 bits per heavy atom. The molecule has 4 aromatic carbocycles. The minimum Gasteiger partial charge on any atom is -0.491 e. The van der Waals surface area contributed by atoms with Crippen molar-refractivity contribution < 1.29 is 45.8 Å². The average Bonchev–Trinajstić information content (AvgIpc) is 3.22. The third kappa shape index (κ3) is 15.4. The van der Waals surface area contributed by atoms with Crippen LogP contribution in [0.5, 0.6) is 11.5 Å². The van der Waals surface area contributed by atoms with E-state index in [0.717, 1.165) is 4.73 Å². The van der Waals surface area contributed by atoms with Gasteiger partial charge in [0.2, 0.25) is 12.4 Å². The summed E-state index contributed by atoms with van der Waals surface area (Å²) in [6.45, 7) is 7.51. The van der Waals surface area contributed by atoms with E-state index in [-0.39, 0.29) is 73.6 Å². The summed E-state index contributed by atoms with van der Waals surface area (Å²) in [6, 6.07) is 26.7. The summed E-state index contributed by atoms with van der Waals surface area (Å²) in [5, 5.41) is 10.1. The van der Waals surface area contributed by atoms with Crippen LogP contribution in [0.4, 0.5) is 11.4 Å². The monoisotopic (exact) mass is 977 g/mol. The molecule has 0 amide bonds. The van der Waals surface area contributed by atoms with Crippen molar-refractivity contribution in [3.05, 3.63) is 166 Å². The van der Waals surface area contributed by atoms with E-state index in [1.165, 1.54) is 97.6 Å². The maximum Gasteiger partial charge on any atom is 0.261 e. The fraction of sp³-hybridized carbons (Fsp3) is 0.182. The van der Waals surface area contributed by atoms with Crippen molar-refractivity contribution >= 4 is 89.4 Å². The zero-order valence-corrected chi connectivity index (χ0v) is 38.2. The number of sulfonamides is 2. The summed E-state index contributed by atoms with van der Waals surface area (Å²) in [4.78, 5) is 29.7. The number of ketones is 2. The first-order chi connectivity index (χ1) is 29.3. The SMILES string of the molecule is C.CC(C)Oc1ccc(S(=O)(=O)Nc2ccc(Cl)cc2C(=O)c2cc[n+](O)cc2)cc1.CC(C)Oc1ccc(S(=O)(=O)Nc2ccc(Cl)cc2C(=O)c2ccncc2)cc1.ClCCl. The van der Waals surface area contributed by atoms with Gasteiger partial charge in [-0.25, -0.2) is 16.8 Å². The number of ether oxygens (including phenoxy) is 2. The number of rotatable bonds is 14. The first-order valence-electron chi connectivity index (χ1n) is 18.3. The largest absolute Gasteiger partial charge is 0.491 e. The molecule has 0 fully saturated rings. The quantitative estimate of drug-likeness (QED) is 0.0411. The van der Waals surface area contributed by atoms with Crippen LogP contribution in [0.1, 0.15) is 67.0 Å². The number of nitrogens with one attached hydrogen (secondary N) is 2. The van der Waals surface area contributed by atoms with Gasteiger partial charge in [0, 0.05) is 61.6 Å². The van der Waals surface area contributed by atoms with E-state index in [9.17, 15) is 31.6 Å². The van der Waals surface area contributed by atoms with Gasteiger partial charge in [0.25, 0.3) is 20.0 Å². The molecule has 0 aliphatic rings.